The molecular weight excluding hydrogens is 188 g/mol. The monoisotopic (exact) mass is 214 g/mol. The Balaban J connectivity index is 2.29. The molecule has 2 unspecified atom stereocenters. The van der Waals surface area contributed by atoms with E-state index in [0.717, 1.165) is 0 Å². The lowest BCUT2D eigenvalue weighted by atomic mass is 9.99. The van der Waals surface area contributed by atoms with Crippen molar-refractivity contribution in [3.63, 3.8) is 0 Å². The number of hydrogen-bond donors (Lipinski definition) is 2. The van der Waals surface area contributed by atoms with Crippen LogP contribution in [0.25, 0.3) is 0 Å². The van der Waals surface area contributed by atoms with Crippen molar-refractivity contribution in [2.45, 2.75) is 45.3 Å². The molecule has 0 aromatic carbocycles. The van der Waals surface area contributed by atoms with Crippen molar-refractivity contribution < 1.29 is 5.11 Å². The molecule has 1 aliphatic carbocycles. The Kier molecular flexibility index (Phi) is 3.80. The highest BCUT2D eigenvalue weighted by Gasteiger charge is 2.42. The normalized spacial score (nSPS) is 25.0. The molecule has 0 aliphatic heterocycles. The molecule has 15 heavy (non-hydrogen) atoms. The van der Waals surface area contributed by atoms with Gasteiger partial charge in [-0.3, -0.25) is 0 Å². The van der Waals surface area contributed by atoms with E-state index in [4.69, 9.17) is 0 Å². The van der Waals surface area contributed by atoms with Gasteiger partial charge >= 0.3 is 0 Å². The van der Waals surface area contributed by atoms with Gasteiger partial charge in [-0.1, -0.05) is 6.92 Å². The van der Waals surface area contributed by atoms with E-state index in [-0.39, 0.29) is 0 Å². The van der Waals surface area contributed by atoms with Gasteiger partial charge in [0.2, 0.25) is 0 Å². The number of aliphatic hydroxyl groups is 1. The number of likely N-dealkylation sites (N-methyl/N-ethyl adjacent to an activating group) is 1. The Labute approximate surface area is 93.9 Å². The van der Waals surface area contributed by atoms with Gasteiger partial charge in [0.1, 0.15) is 0 Å². The standard InChI is InChI=1S/C12H26N2O/c1-10(11(2)6-7-11)13-8-12(3,15)9-14(4)5/h10,13,15H,6-9H2,1-5H3. The van der Waals surface area contributed by atoms with Crippen molar-refractivity contribution in [2.75, 3.05) is 27.2 Å². The van der Waals surface area contributed by atoms with E-state index in [1.165, 1.54) is 12.8 Å². The van der Waals surface area contributed by atoms with Gasteiger partial charge in [0.15, 0.2) is 0 Å². The first-order chi connectivity index (χ1) is 6.75. The molecule has 0 aromatic rings. The molecule has 0 heterocycles. The fourth-order valence-corrected chi connectivity index (χ4v) is 1.99. The van der Waals surface area contributed by atoms with Crippen LogP contribution >= 0.6 is 0 Å². The van der Waals surface area contributed by atoms with E-state index in [2.05, 4.69) is 19.2 Å². The van der Waals surface area contributed by atoms with E-state index in [0.29, 0.717) is 24.5 Å². The molecule has 3 heteroatoms. The second-order valence-electron chi connectivity index (χ2n) is 5.99. The maximum Gasteiger partial charge on any atom is 0.0869 e. The summed E-state index contributed by atoms with van der Waals surface area (Å²) in [6.45, 7) is 7.79. The summed E-state index contributed by atoms with van der Waals surface area (Å²) in [5.74, 6) is 0. The average Bonchev–Trinajstić information content (AvgIpc) is 2.78. The van der Waals surface area contributed by atoms with Crippen LogP contribution in [0.5, 0.6) is 0 Å². The molecule has 0 bridgehead atoms. The lowest BCUT2D eigenvalue weighted by Gasteiger charge is -2.30. The van der Waals surface area contributed by atoms with Crippen molar-refractivity contribution in [3.8, 4) is 0 Å². The summed E-state index contributed by atoms with van der Waals surface area (Å²) in [6, 6.07) is 0.506. The summed E-state index contributed by atoms with van der Waals surface area (Å²) in [5.41, 5.74) is -0.156. The van der Waals surface area contributed by atoms with Crippen molar-refractivity contribution in [2.24, 2.45) is 5.41 Å². The molecule has 0 radical (unpaired) electrons. The van der Waals surface area contributed by atoms with Gasteiger partial charge in [-0.15, -0.1) is 0 Å². The lowest BCUT2D eigenvalue weighted by Crippen LogP contribution is -2.49. The van der Waals surface area contributed by atoms with Gasteiger partial charge in [-0.2, -0.15) is 0 Å². The van der Waals surface area contributed by atoms with Gasteiger partial charge in [-0.25, -0.2) is 0 Å². The molecule has 90 valence electrons. The van der Waals surface area contributed by atoms with Crippen LogP contribution in [0.4, 0.5) is 0 Å². The number of nitrogens with zero attached hydrogens (tertiary/aromatic N) is 1. The third-order valence-corrected chi connectivity index (χ3v) is 3.53. The zero-order valence-electron chi connectivity index (χ0n) is 10.8. The largest absolute Gasteiger partial charge is 0.388 e. The van der Waals surface area contributed by atoms with E-state index in [9.17, 15) is 5.11 Å². The summed E-state index contributed by atoms with van der Waals surface area (Å²) >= 11 is 0. The van der Waals surface area contributed by atoms with Crippen LogP contribution in [0.15, 0.2) is 0 Å². The SMILES string of the molecule is CC(NCC(C)(O)CN(C)C)C1(C)CC1. The third-order valence-electron chi connectivity index (χ3n) is 3.53. The molecule has 1 fully saturated rings. The van der Waals surface area contributed by atoms with Crippen LogP contribution in [0.1, 0.15) is 33.6 Å². The molecule has 0 aromatic heterocycles. The van der Waals surface area contributed by atoms with Crippen molar-refractivity contribution >= 4 is 0 Å². The summed E-state index contributed by atoms with van der Waals surface area (Å²) in [7, 11) is 3.97. The van der Waals surface area contributed by atoms with Gasteiger partial charge < -0.3 is 15.3 Å². The third kappa shape index (κ3) is 4.09. The fourth-order valence-electron chi connectivity index (χ4n) is 1.99. The maximum atomic E-state index is 10.1. The first kappa shape index (κ1) is 12.9. The molecule has 1 aliphatic rings. The minimum atomic E-state index is -0.636. The van der Waals surface area contributed by atoms with Crippen LogP contribution in [0.2, 0.25) is 0 Å². The predicted octanol–water partition coefficient (Wildman–Crippen LogP) is 1.08. The van der Waals surface area contributed by atoms with Crippen LogP contribution in [-0.2, 0) is 0 Å². The first-order valence-electron chi connectivity index (χ1n) is 5.86. The lowest BCUT2D eigenvalue weighted by molar-refractivity contribution is 0.0298. The average molecular weight is 214 g/mol. The Morgan fingerprint density at radius 3 is 2.40 bits per heavy atom. The zero-order chi connectivity index (χ0) is 11.7. The topological polar surface area (TPSA) is 35.5 Å². The fraction of sp³-hybridized carbons (Fsp3) is 1.00. The van der Waals surface area contributed by atoms with Crippen LogP contribution < -0.4 is 5.32 Å². The van der Waals surface area contributed by atoms with E-state index < -0.39 is 5.60 Å². The maximum absolute atomic E-state index is 10.1. The van der Waals surface area contributed by atoms with Gasteiger partial charge in [0.25, 0.3) is 0 Å². The van der Waals surface area contributed by atoms with Gasteiger partial charge in [0, 0.05) is 19.1 Å². The quantitative estimate of drug-likeness (QED) is 0.694. The zero-order valence-corrected chi connectivity index (χ0v) is 10.8. The van der Waals surface area contributed by atoms with Crippen LogP contribution in [0, 0.1) is 5.41 Å². The molecule has 0 saturated heterocycles. The van der Waals surface area contributed by atoms with Crippen LogP contribution in [0.3, 0.4) is 0 Å². The second-order valence-corrected chi connectivity index (χ2v) is 5.99. The number of nitrogens with one attached hydrogen (secondary N) is 1. The molecule has 0 amide bonds. The van der Waals surface area contributed by atoms with Crippen LogP contribution in [-0.4, -0.2) is 48.8 Å². The second kappa shape index (κ2) is 4.40. The summed E-state index contributed by atoms with van der Waals surface area (Å²) in [4.78, 5) is 2.02. The summed E-state index contributed by atoms with van der Waals surface area (Å²) in [6.07, 6.45) is 2.63. The van der Waals surface area contributed by atoms with E-state index >= 15 is 0 Å². The Bertz CT molecular complexity index is 210. The number of rotatable bonds is 6. The van der Waals surface area contributed by atoms with Crippen molar-refractivity contribution in [1.29, 1.82) is 0 Å². The predicted molar refractivity (Wildman–Crippen MR) is 64.0 cm³/mol. The van der Waals surface area contributed by atoms with Gasteiger partial charge in [0.05, 0.1) is 5.60 Å². The van der Waals surface area contributed by atoms with Gasteiger partial charge in [-0.05, 0) is 46.2 Å². The Morgan fingerprint density at radius 1 is 1.47 bits per heavy atom. The molecule has 2 atom stereocenters. The molecule has 1 rings (SSSR count). The number of hydrogen-bond acceptors (Lipinski definition) is 3. The Hall–Kier alpha value is -0.120. The first-order valence-corrected chi connectivity index (χ1v) is 5.86. The highest BCUT2D eigenvalue weighted by Crippen LogP contribution is 2.47. The molecule has 1 saturated carbocycles. The molecular formula is C12H26N2O. The smallest absolute Gasteiger partial charge is 0.0869 e. The molecule has 0 spiro atoms. The van der Waals surface area contributed by atoms with E-state index in [1.54, 1.807) is 0 Å². The minimum absolute atomic E-state index is 0.480. The van der Waals surface area contributed by atoms with E-state index in [1.807, 2.05) is 25.9 Å². The Morgan fingerprint density at radius 2 is 2.00 bits per heavy atom. The minimum Gasteiger partial charge on any atom is -0.388 e. The highest BCUT2D eigenvalue weighted by molar-refractivity contribution is 4.97. The molecule has 3 nitrogen and oxygen atoms in total. The summed E-state index contributed by atoms with van der Waals surface area (Å²) < 4.78 is 0. The highest BCUT2D eigenvalue weighted by atomic mass is 16.3. The van der Waals surface area contributed by atoms with Crippen molar-refractivity contribution in [1.82, 2.24) is 10.2 Å². The summed E-state index contributed by atoms with van der Waals surface area (Å²) in [5, 5.41) is 13.6. The molecule has 2 N–H and O–H groups in total. The van der Waals surface area contributed by atoms with Crippen molar-refractivity contribution in [3.05, 3.63) is 0 Å².